The number of amides is 2. The molecule has 3 aromatic rings. The zero-order chi connectivity index (χ0) is 27.6. The summed E-state index contributed by atoms with van der Waals surface area (Å²) in [5.74, 6) is 0.683. The molecule has 38 heavy (non-hydrogen) atoms. The smallest absolute Gasteiger partial charge is 0.240 e. The highest BCUT2D eigenvalue weighted by atomic mass is 32.2. The van der Waals surface area contributed by atoms with Crippen molar-refractivity contribution in [3.05, 3.63) is 76.5 Å². The molecule has 1 N–H and O–H groups in total. The minimum Gasteiger partial charge on any atom is -0.353 e. The van der Waals surface area contributed by atoms with E-state index in [0.717, 1.165) is 34.6 Å². The van der Waals surface area contributed by atoms with Crippen LogP contribution in [0.2, 0.25) is 0 Å². The Morgan fingerprint density at radius 2 is 1.79 bits per heavy atom. The molecule has 0 saturated heterocycles. The Labute approximate surface area is 230 Å². The van der Waals surface area contributed by atoms with Crippen molar-refractivity contribution in [3.8, 4) is 5.69 Å². The third kappa shape index (κ3) is 6.13. The van der Waals surface area contributed by atoms with Crippen LogP contribution in [0.1, 0.15) is 54.0 Å². The molecule has 0 saturated carbocycles. The summed E-state index contributed by atoms with van der Waals surface area (Å²) >= 11 is 1.61. The van der Waals surface area contributed by atoms with Crippen LogP contribution in [-0.2, 0) is 15.0 Å². The highest BCUT2D eigenvalue weighted by Crippen LogP contribution is 2.48. The van der Waals surface area contributed by atoms with Crippen molar-refractivity contribution in [1.82, 2.24) is 20.0 Å². The summed E-state index contributed by atoms with van der Waals surface area (Å²) in [6.07, 6.45) is 0. The second-order valence-electron chi connectivity index (χ2n) is 11.3. The van der Waals surface area contributed by atoms with Gasteiger partial charge in [0.2, 0.25) is 11.8 Å². The van der Waals surface area contributed by atoms with E-state index in [9.17, 15) is 9.59 Å². The number of hydrogen-bond donors (Lipinski definition) is 1. The monoisotopic (exact) mass is 533 g/mol. The van der Waals surface area contributed by atoms with Gasteiger partial charge in [-0.2, -0.15) is 5.10 Å². The number of nitrogens with one attached hydrogen (secondary N) is 1. The van der Waals surface area contributed by atoms with Gasteiger partial charge in [-0.05, 0) is 51.2 Å². The van der Waals surface area contributed by atoms with Crippen molar-refractivity contribution in [3.63, 3.8) is 0 Å². The predicted octanol–water partition coefficient (Wildman–Crippen LogP) is 4.63. The molecular weight excluding hydrogens is 494 g/mol. The molecule has 1 aliphatic rings. The molecule has 0 aliphatic carbocycles. The van der Waals surface area contributed by atoms with Crippen molar-refractivity contribution >= 4 is 29.4 Å². The molecule has 1 atom stereocenters. The molecule has 0 spiro atoms. The zero-order valence-electron chi connectivity index (χ0n) is 23.5. The number of rotatable bonds is 7. The molecule has 0 bridgehead atoms. The molecule has 1 aliphatic heterocycles. The Bertz CT molecular complexity index is 1320. The van der Waals surface area contributed by atoms with Gasteiger partial charge in [-0.1, -0.05) is 62.7 Å². The quantitative estimate of drug-likeness (QED) is 0.479. The van der Waals surface area contributed by atoms with E-state index < -0.39 is 0 Å². The lowest BCUT2D eigenvalue weighted by Gasteiger charge is -2.25. The maximum absolute atomic E-state index is 13.7. The van der Waals surface area contributed by atoms with E-state index in [1.54, 1.807) is 16.7 Å². The van der Waals surface area contributed by atoms with E-state index in [4.69, 9.17) is 5.10 Å². The fraction of sp³-hybridized carbons (Fsp3) is 0.433. The molecule has 7 nitrogen and oxygen atoms in total. The topological polar surface area (TPSA) is 70.5 Å². The third-order valence-corrected chi connectivity index (χ3v) is 7.83. The molecule has 8 heteroatoms. The SMILES string of the molecule is Cc1cccc([C@H]2SCC(=O)N(CC(=O)NCCN(C)C)c3c2c(C(C)(C)C)nn3-c2cccc(C)c2)c1. The van der Waals surface area contributed by atoms with Crippen LogP contribution in [-0.4, -0.2) is 66.0 Å². The minimum absolute atomic E-state index is 0.0541. The van der Waals surface area contributed by atoms with Crippen LogP contribution in [0.3, 0.4) is 0 Å². The second-order valence-corrected chi connectivity index (χ2v) is 12.4. The van der Waals surface area contributed by atoms with E-state index in [-0.39, 0.29) is 34.8 Å². The fourth-order valence-corrected chi connectivity index (χ4v) is 5.92. The average Bonchev–Trinajstić information content (AvgIpc) is 3.17. The molecule has 202 valence electrons. The van der Waals surface area contributed by atoms with Gasteiger partial charge in [0.05, 0.1) is 22.4 Å². The lowest BCUT2D eigenvalue weighted by Crippen LogP contribution is -2.43. The van der Waals surface area contributed by atoms with E-state index in [1.165, 1.54) is 5.56 Å². The number of anilines is 1. The number of nitrogens with zero attached hydrogens (tertiary/aromatic N) is 4. The number of thioether (sulfide) groups is 1. The van der Waals surface area contributed by atoms with Gasteiger partial charge in [0.25, 0.3) is 0 Å². The van der Waals surface area contributed by atoms with E-state index in [1.807, 2.05) is 48.8 Å². The normalized spacial score (nSPS) is 15.9. The zero-order valence-corrected chi connectivity index (χ0v) is 24.4. The van der Waals surface area contributed by atoms with Crippen LogP contribution < -0.4 is 10.2 Å². The van der Waals surface area contributed by atoms with Crippen molar-refractivity contribution < 1.29 is 9.59 Å². The summed E-state index contributed by atoms with van der Waals surface area (Å²) in [6.45, 7) is 11.8. The largest absolute Gasteiger partial charge is 0.353 e. The fourth-order valence-electron chi connectivity index (χ4n) is 4.73. The maximum atomic E-state index is 13.7. The first-order valence-corrected chi connectivity index (χ1v) is 14.1. The molecule has 2 amide bonds. The number of carbonyl (C=O) groups excluding carboxylic acids is 2. The summed E-state index contributed by atoms with van der Waals surface area (Å²) < 4.78 is 1.88. The van der Waals surface area contributed by atoms with Crippen molar-refractivity contribution in [1.29, 1.82) is 0 Å². The molecule has 0 radical (unpaired) electrons. The molecule has 0 fully saturated rings. The number of likely N-dealkylation sites (N-methyl/N-ethyl adjacent to an activating group) is 1. The number of hydrogen-bond acceptors (Lipinski definition) is 5. The van der Waals surface area contributed by atoms with E-state index in [0.29, 0.717) is 12.4 Å². The van der Waals surface area contributed by atoms with Crippen LogP contribution in [0.15, 0.2) is 48.5 Å². The second kappa shape index (κ2) is 11.3. The number of carbonyl (C=O) groups is 2. The highest BCUT2D eigenvalue weighted by Gasteiger charge is 2.39. The van der Waals surface area contributed by atoms with Crippen LogP contribution in [0.4, 0.5) is 5.82 Å². The van der Waals surface area contributed by atoms with Gasteiger partial charge in [-0.15, -0.1) is 11.8 Å². The number of aromatic nitrogens is 2. The van der Waals surface area contributed by atoms with Crippen molar-refractivity contribution in [2.75, 3.05) is 44.4 Å². The Balaban J connectivity index is 1.93. The standard InChI is InChI=1S/C30H39N5O2S/c1-20-10-8-12-22(16-20)27-26-28(30(3,4)5)32-35(23-13-9-11-21(2)17-23)29(26)34(25(37)19-38-27)18-24(36)31-14-15-33(6)7/h8-13,16-17,27H,14-15,18-19H2,1-7H3,(H,31,36)/t27-/m1/s1. The van der Waals surface area contributed by atoms with Gasteiger partial charge >= 0.3 is 0 Å². The number of benzene rings is 2. The third-order valence-electron chi connectivity index (χ3n) is 6.57. The molecular formula is C30H39N5O2S. The Morgan fingerprint density at radius 3 is 2.42 bits per heavy atom. The number of fused-ring (bicyclic) bond motifs is 1. The van der Waals surface area contributed by atoms with Crippen LogP contribution in [0.5, 0.6) is 0 Å². The summed E-state index contributed by atoms with van der Waals surface area (Å²) in [5, 5.41) is 8.05. The maximum Gasteiger partial charge on any atom is 0.240 e. The van der Waals surface area contributed by atoms with Gasteiger partial charge in [-0.25, -0.2) is 4.68 Å². The molecule has 1 aromatic heterocycles. The van der Waals surface area contributed by atoms with Crippen LogP contribution in [0.25, 0.3) is 5.69 Å². The highest BCUT2D eigenvalue weighted by molar-refractivity contribution is 8.00. The summed E-state index contributed by atoms with van der Waals surface area (Å²) in [7, 11) is 3.93. The van der Waals surface area contributed by atoms with Gasteiger partial charge in [0, 0.05) is 24.1 Å². The van der Waals surface area contributed by atoms with Crippen molar-refractivity contribution in [2.24, 2.45) is 0 Å². The summed E-state index contributed by atoms with van der Waals surface area (Å²) in [4.78, 5) is 30.5. The predicted molar refractivity (Wildman–Crippen MR) is 156 cm³/mol. The minimum atomic E-state index is -0.283. The number of aryl methyl sites for hydroxylation is 2. The molecule has 2 aromatic carbocycles. The summed E-state index contributed by atoms with van der Waals surface area (Å²) in [5.41, 5.74) is 5.92. The average molecular weight is 534 g/mol. The lowest BCUT2D eigenvalue weighted by molar-refractivity contribution is -0.122. The van der Waals surface area contributed by atoms with Gasteiger partial charge in [0.15, 0.2) is 0 Å². The van der Waals surface area contributed by atoms with E-state index >= 15 is 0 Å². The Hall–Kier alpha value is -3.10. The molecule has 4 rings (SSSR count). The Kier molecular flexibility index (Phi) is 8.33. The van der Waals surface area contributed by atoms with Crippen LogP contribution in [0, 0.1) is 13.8 Å². The first-order chi connectivity index (χ1) is 18.0. The van der Waals surface area contributed by atoms with E-state index in [2.05, 4.69) is 63.3 Å². The Morgan fingerprint density at radius 1 is 1.11 bits per heavy atom. The lowest BCUT2D eigenvalue weighted by atomic mass is 9.87. The van der Waals surface area contributed by atoms with Crippen molar-refractivity contribution in [2.45, 2.75) is 45.3 Å². The molecule has 2 heterocycles. The molecule has 0 unspecified atom stereocenters. The van der Waals surface area contributed by atoms with Gasteiger partial charge in [-0.3, -0.25) is 14.5 Å². The summed E-state index contributed by atoms with van der Waals surface area (Å²) in [6, 6.07) is 16.6. The van der Waals surface area contributed by atoms with Gasteiger partial charge < -0.3 is 10.2 Å². The first-order valence-electron chi connectivity index (χ1n) is 13.1. The first kappa shape index (κ1) is 27.9. The van der Waals surface area contributed by atoms with Gasteiger partial charge in [0.1, 0.15) is 12.4 Å². The van der Waals surface area contributed by atoms with Crippen LogP contribution >= 0.6 is 11.8 Å².